The van der Waals surface area contributed by atoms with Crippen molar-refractivity contribution >= 4 is 45.3 Å². The second-order valence-corrected chi connectivity index (χ2v) is 28.8. The predicted octanol–water partition coefficient (Wildman–Crippen LogP) is 20.1. The van der Waals surface area contributed by atoms with Crippen molar-refractivity contribution in [1.29, 1.82) is 0 Å². The summed E-state index contributed by atoms with van der Waals surface area (Å²) in [4.78, 5) is 10.2. The molecule has 2 aliphatic heterocycles. The molecule has 6 nitrogen and oxygen atoms in total. The number of benzene rings is 8. The van der Waals surface area contributed by atoms with Gasteiger partial charge >= 0.3 is 312 Å². The number of fused-ring (bicyclic) bond motifs is 9. The number of ether oxygens (including phenoxy) is 1. The van der Waals surface area contributed by atoms with Crippen molar-refractivity contribution in [3.63, 3.8) is 0 Å². The average molecular weight is 1260 g/mol. The van der Waals surface area contributed by atoms with E-state index < -0.39 is 5.41 Å². The molecule has 0 bridgehead atoms. The molecule has 82 heavy (non-hydrogen) atoms. The van der Waals surface area contributed by atoms with E-state index in [4.69, 9.17) is 9.72 Å². The predicted molar refractivity (Wildman–Crippen MR) is 338 cm³/mol. The SMILES string of the molecule is CC(C)(C)c1cc(-n2[c](=[Pt])n(-c3cccc(Oc4cc5c(cc4C(C)(C)C)C4(c6ccccc6N(c6ccccc6)c6ccccc64)c4cc(C(C)(C)C)ccc4N5c4cc(C(C)(C)C)ccn4)c3)c3ccccc32)cc(C(C)(C)C)c1. The van der Waals surface area contributed by atoms with Crippen LogP contribution in [0.3, 0.4) is 0 Å². The summed E-state index contributed by atoms with van der Waals surface area (Å²) in [6.07, 6.45) is 1.99. The second kappa shape index (κ2) is 19.6. The summed E-state index contributed by atoms with van der Waals surface area (Å²) in [7, 11) is 0. The molecule has 10 aromatic rings. The zero-order valence-corrected chi connectivity index (χ0v) is 52.7. The molecule has 0 saturated heterocycles. The molecule has 7 heteroatoms. The molecular formula is C75H77N5OPt. The van der Waals surface area contributed by atoms with Crippen LogP contribution in [-0.2, 0) is 51.8 Å². The molecule has 0 radical (unpaired) electrons. The van der Waals surface area contributed by atoms with Crippen molar-refractivity contribution in [3.05, 3.63) is 248 Å². The molecule has 2 aliphatic rings. The van der Waals surface area contributed by atoms with Crippen molar-refractivity contribution in [2.75, 3.05) is 9.80 Å². The van der Waals surface area contributed by atoms with Gasteiger partial charge in [0.1, 0.15) is 0 Å². The average Bonchev–Trinajstić information content (AvgIpc) is 0.882. The van der Waals surface area contributed by atoms with Gasteiger partial charge < -0.3 is 4.90 Å². The van der Waals surface area contributed by atoms with E-state index in [0.29, 0.717) is 0 Å². The van der Waals surface area contributed by atoms with Crippen LogP contribution in [0.25, 0.3) is 22.4 Å². The number of anilines is 6. The Hall–Kier alpha value is -7.53. The molecule has 0 aliphatic carbocycles. The van der Waals surface area contributed by atoms with Gasteiger partial charge in [0.2, 0.25) is 0 Å². The summed E-state index contributed by atoms with van der Waals surface area (Å²) in [5.41, 5.74) is 19.5. The van der Waals surface area contributed by atoms with Crippen LogP contribution in [0, 0.1) is 3.80 Å². The van der Waals surface area contributed by atoms with Crippen molar-refractivity contribution in [3.8, 4) is 22.9 Å². The number of imidazole rings is 1. The Morgan fingerprint density at radius 2 is 0.890 bits per heavy atom. The molecule has 0 amide bonds. The van der Waals surface area contributed by atoms with Gasteiger partial charge in [0.05, 0.1) is 11.4 Å². The molecule has 12 rings (SSSR count). The van der Waals surface area contributed by atoms with Crippen LogP contribution in [0.5, 0.6) is 11.5 Å². The van der Waals surface area contributed by atoms with E-state index in [1.54, 1.807) is 0 Å². The molecule has 418 valence electrons. The van der Waals surface area contributed by atoms with E-state index in [9.17, 15) is 0 Å². The van der Waals surface area contributed by atoms with Crippen LogP contribution >= 0.6 is 0 Å². The van der Waals surface area contributed by atoms with Gasteiger partial charge in [-0.15, -0.1) is 0 Å². The molecule has 1 spiro atoms. The number of para-hydroxylation sites is 5. The van der Waals surface area contributed by atoms with E-state index in [-0.39, 0.29) is 27.1 Å². The molecule has 0 unspecified atom stereocenters. The van der Waals surface area contributed by atoms with E-state index in [1.165, 1.54) is 44.5 Å². The van der Waals surface area contributed by atoms with E-state index in [2.05, 4.69) is 330 Å². The van der Waals surface area contributed by atoms with Crippen LogP contribution in [0.15, 0.2) is 194 Å². The molecule has 0 N–H and O–H groups in total. The van der Waals surface area contributed by atoms with E-state index in [0.717, 1.165) is 77.5 Å². The standard InChI is InChI=1S/C75H77N5O.Pt/c1-70(2,3)49-36-37-64-59(43-49)75(57-30-19-21-32-62(57)79(53-26-17-16-18-27-53)63-33-22-20-31-58(63)75)60-46-61(74(13,14)15)68(47-67(60)80(64)69-44-50(38-39-76-69)71(4,5)6)81-56-29-25-28-54(45-56)77-48-78(66-35-24-23-34-65(66)77)55-41-51(72(7,8)9)40-52(42-55)73(10,11)12;/h16-47H,1-15H3;. The first kappa shape index (κ1) is 55.0. The van der Waals surface area contributed by atoms with Crippen LogP contribution in [-0.4, -0.2) is 14.1 Å². The Bertz CT molecular complexity index is 4120. The molecule has 2 aromatic heterocycles. The summed E-state index contributed by atoms with van der Waals surface area (Å²) in [5.74, 6) is 2.41. The normalized spacial score (nSPS) is 14.2. The topological polar surface area (TPSA) is 38.5 Å². The number of nitrogens with zero attached hydrogens (tertiary/aromatic N) is 5. The zero-order valence-electron chi connectivity index (χ0n) is 50.4. The molecule has 4 heterocycles. The van der Waals surface area contributed by atoms with Crippen LogP contribution in [0.2, 0.25) is 0 Å². The van der Waals surface area contributed by atoms with Crippen molar-refractivity contribution < 1.29 is 24.1 Å². The maximum atomic E-state index is 7.54. The van der Waals surface area contributed by atoms with Gasteiger partial charge in [0.15, 0.2) is 0 Å². The third-order valence-corrected chi connectivity index (χ3v) is 17.9. The van der Waals surface area contributed by atoms with Gasteiger partial charge in [-0.1, -0.05) is 108 Å². The maximum absolute atomic E-state index is 7.54. The Labute approximate surface area is 497 Å². The third-order valence-electron chi connectivity index (χ3n) is 16.9. The van der Waals surface area contributed by atoms with Crippen molar-refractivity contribution in [2.24, 2.45) is 0 Å². The van der Waals surface area contributed by atoms with Crippen molar-refractivity contribution in [2.45, 2.75) is 136 Å². The van der Waals surface area contributed by atoms with Crippen molar-refractivity contribution in [1.82, 2.24) is 14.1 Å². The number of hydrogen-bond donors (Lipinski definition) is 0. The number of aromatic nitrogens is 3. The number of rotatable bonds is 6. The molecule has 0 atom stereocenters. The molecule has 8 aromatic carbocycles. The summed E-state index contributed by atoms with van der Waals surface area (Å²) in [6, 6.07) is 70.1. The van der Waals surface area contributed by atoms with Gasteiger partial charge in [-0.05, 0) is 52.3 Å². The zero-order chi connectivity index (χ0) is 58.1. The summed E-state index contributed by atoms with van der Waals surface area (Å²) in [6.45, 7) is 34.6. The van der Waals surface area contributed by atoms with Gasteiger partial charge in [0, 0.05) is 11.9 Å². The minimum absolute atomic E-state index is 0.0342. The fourth-order valence-electron chi connectivity index (χ4n) is 12.5. The second-order valence-electron chi connectivity index (χ2n) is 27.8. The number of hydrogen-bond acceptors (Lipinski definition) is 4. The van der Waals surface area contributed by atoms with E-state index >= 15 is 0 Å². The fraction of sp³-hybridized carbons (Fsp3) is 0.280. The Morgan fingerprint density at radius 3 is 1.48 bits per heavy atom. The quantitative estimate of drug-likeness (QED) is 0.166. The Kier molecular flexibility index (Phi) is 13.1. The first-order chi connectivity index (χ1) is 38.7. The molecular weight excluding hydrogens is 1180 g/mol. The Morgan fingerprint density at radius 1 is 0.378 bits per heavy atom. The number of pyridine rings is 1. The minimum atomic E-state index is -0.789. The van der Waals surface area contributed by atoms with Crippen LogP contribution in [0.1, 0.15) is 154 Å². The molecule has 0 fully saturated rings. The summed E-state index contributed by atoms with van der Waals surface area (Å²) < 4.78 is 13.4. The van der Waals surface area contributed by atoms with Crippen LogP contribution in [0.4, 0.5) is 34.3 Å². The summed E-state index contributed by atoms with van der Waals surface area (Å²) in [5, 5.41) is 0. The summed E-state index contributed by atoms with van der Waals surface area (Å²) >= 11 is 2.53. The fourth-order valence-corrected chi connectivity index (χ4v) is 13.6. The first-order valence-corrected chi connectivity index (χ1v) is 30.2. The van der Waals surface area contributed by atoms with Gasteiger partial charge in [-0.25, -0.2) is 0 Å². The first-order valence-electron chi connectivity index (χ1n) is 29.0. The molecule has 0 saturated carbocycles. The van der Waals surface area contributed by atoms with Gasteiger partial charge in [-0.3, -0.25) is 0 Å². The van der Waals surface area contributed by atoms with Crippen LogP contribution < -0.4 is 14.5 Å². The van der Waals surface area contributed by atoms with E-state index in [1.807, 2.05) is 6.20 Å². The van der Waals surface area contributed by atoms with Gasteiger partial charge in [-0.2, -0.15) is 0 Å². The third kappa shape index (κ3) is 9.21. The Balaban J connectivity index is 1.12. The monoisotopic (exact) mass is 1260 g/mol. The van der Waals surface area contributed by atoms with Gasteiger partial charge in [0.25, 0.3) is 0 Å².